The first kappa shape index (κ1) is 9.39. The van der Waals surface area contributed by atoms with Crippen LogP contribution in [0.15, 0.2) is 23.0 Å². The summed E-state index contributed by atoms with van der Waals surface area (Å²) in [6.07, 6.45) is 0. The molecular weight excluding hydrogens is 198 g/mol. The second kappa shape index (κ2) is 3.20. The van der Waals surface area contributed by atoms with Gasteiger partial charge in [-0.1, -0.05) is 0 Å². The molecule has 0 radical (unpaired) electrons. The van der Waals surface area contributed by atoms with E-state index in [1.54, 1.807) is 18.2 Å². The number of aromatic hydroxyl groups is 2. The molecule has 0 atom stereocenters. The average molecular weight is 207 g/mol. The van der Waals surface area contributed by atoms with Crippen LogP contribution in [0.4, 0.5) is 0 Å². The molecule has 5 heteroatoms. The molecule has 1 heterocycles. The van der Waals surface area contributed by atoms with Crippen molar-refractivity contribution in [2.75, 3.05) is 7.11 Å². The Morgan fingerprint density at radius 1 is 1.27 bits per heavy atom. The maximum absolute atomic E-state index is 11.1. The van der Waals surface area contributed by atoms with Crippen molar-refractivity contribution < 1.29 is 14.9 Å². The van der Waals surface area contributed by atoms with Gasteiger partial charge in [0.25, 0.3) is 5.56 Å². The molecule has 0 amide bonds. The lowest BCUT2D eigenvalue weighted by Gasteiger charge is -2.04. The van der Waals surface area contributed by atoms with Crippen LogP contribution in [0.2, 0.25) is 0 Å². The van der Waals surface area contributed by atoms with E-state index >= 15 is 0 Å². The molecule has 3 N–H and O–H groups in total. The van der Waals surface area contributed by atoms with Gasteiger partial charge in [-0.3, -0.25) is 4.79 Å². The van der Waals surface area contributed by atoms with Gasteiger partial charge in [-0.25, -0.2) is 0 Å². The summed E-state index contributed by atoms with van der Waals surface area (Å²) in [7, 11) is 1.50. The smallest absolute Gasteiger partial charge is 0.294 e. The van der Waals surface area contributed by atoms with Crippen LogP contribution in [0.3, 0.4) is 0 Å². The molecule has 15 heavy (non-hydrogen) atoms. The zero-order chi connectivity index (χ0) is 11.0. The van der Waals surface area contributed by atoms with Gasteiger partial charge in [-0.05, 0) is 12.1 Å². The number of fused-ring (bicyclic) bond motifs is 1. The van der Waals surface area contributed by atoms with Gasteiger partial charge in [0.15, 0.2) is 5.75 Å². The van der Waals surface area contributed by atoms with Crippen molar-refractivity contribution in [2.45, 2.75) is 0 Å². The minimum Gasteiger partial charge on any atom is -0.504 e. The first-order chi connectivity index (χ1) is 7.13. The predicted molar refractivity (Wildman–Crippen MR) is 54.5 cm³/mol. The SMILES string of the molecule is COc1ccc2c(O)c(O)c(=O)[nH]c2c1. The standard InChI is InChI=1S/C10H9NO4/c1-15-5-2-3-6-7(4-5)11-10(14)9(13)8(6)12/h2-4,13H,1H3,(H2,11,12,14). The largest absolute Gasteiger partial charge is 0.504 e. The zero-order valence-electron chi connectivity index (χ0n) is 7.94. The van der Waals surface area contributed by atoms with Crippen molar-refractivity contribution in [2.24, 2.45) is 0 Å². The third-order valence-electron chi connectivity index (χ3n) is 2.17. The maximum atomic E-state index is 11.1. The number of H-pyrrole nitrogens is 1. The normalized spacial score (nSPS) is 10.5. The summed E-state index contributed by atoms with van der Waals surface area (Å²) in [4.78, 5) is 13.6. The van der Waals surface area contributed by atoms with E-state index in [9.17, 15) is 15.0 Å². The second-order valence-corrected chi connectivity index (χ2v) is 3.06. The first-order valence-corrected chi connectivity index (χ1v) is 4.25. The quantitative estimate of drug-likeness (QED) is 0.650. The van der Waals surface area contributed by atoms with E-state index < -0.39 is 17.1 Å². The van der Waals surface area contributed by atoms with Crippen LogP contribution in [0, 0.1) is 0 Å². The average Bonchev–Trinajstić information content (AvgIpc) is 2.25. The van der Waals surface area contributed by atoms with Crippen molar-refractivity contribution in [1.29, 1.82) is 0 Å². The lowest BCUT2D eigenvalue weighted by atomic mass is 10.2. The topological polar surface area (TPSA) is 82.5 Å². The number of nitrogens with one attached hydrogen (secondary N) is 1. The van der Waals surface area contributed by atoms with Crippen LogP contribution in [0.5, 0.6) is 17.2 Å². The number of aromatic amines is 1. The van der Waals surface area contributed by atoms with Gasteiger partial charge in [0.2, 0.25) is 5.75 Å². The number of ether oxygens (including phenoxy) is 1. The van der Waals surface area contributed by atoms with E-state index in [4.69, 9.17) is 4.74 Å². The van der Waals surface area contributed by atoms with E-state index in [1.807, 2.05) is 0 Å². The molecule has 0 saturated heterocycles. The van der Waals surface area contributed by atoms with E-state index in [1.165, 1.54) is 7.11 Å². The summed E-state index contributed by atoms with van der Waals surface area (Å²) in [6.45, 7) is 0. The Hall–Kier alpha value is -2.17. The molecule has 0 bridgehead atoms. The minimum atomic E-state index is -0.728. The fraction of sp³-hybridized carbons (Fsp3) is 0.100. The number of pyridine rings is 1. The van der Waals surface area contributed by atoms with Crippen molar-refractivity contribution in [3.8, 4) is 17.2 Å². The molecule has 1 aromatic carbocycles. The highest BCUT2D eigenvalue weighted by Gasteiger charge is 2.10. The molecule has 5 nitrogen and oxygen atoms in total. The summed E-state index contributed by atoms with van der Waals surface area (Å²) in [5.41, 5.74) is -0.317. The van der Waals surface area contributed by atoms with Crippen LogP contribution in [0.25, 0.3) is 10.9 Å². The Morgan fingerprint density at radius 2 is 2.00 bits per heavy atom. The summed E-state index contributed by atoms with van der Waals surface area (Å²) in [5.74, 6) is -0.535. The van der Waals surface area contributed by atoms with Crippen molar-refractivity contribution in [3.05, 3.63) is 28.6 Å². The van der Waals surface area contributed by atoms with Gasteiger partial charge in [0.1, 0.15) is 5.75 Å². The molecule has 0 aliphatic rings. The molecule has 0 saturated carbocycles. The van der Waals surface area contributed by atoms with Crippen LogP contribution in [0.1, 0.15) is 0 Å². The van der Waals surface area contributed by atoms with Crippen molar-refractivity contribution >= 4 is 10.9 Å². The fourth-order valence-corrected chi connectivity index (χ4v) is 1.38. The van der Waals surface area contributed by atoms with Gasteiger partial charge in [-0.2, -0.15) is 0 Å². The Labute approximate surface area is 84.6 Å². The van der Waals surface area contributed by atoms with Gasteiger partial charge in [-0.15, -0.1) is 0 Å². The predicted octanol–water partition coefficient (Wildman–Crippen LogP) is 0.948. The lowest BCUT2D eigenvalue weighted by molar-refractivity contribution is 0.402. The van der Waals surface area contributed by atoms with E-state index in [0.717, 1.165) is 0 Å². The Balaban J connectivity index is 2.86. The first-order valence-electron chi connectivity index (χ1n) is 4.25. The summed E-state index contributed by atoms with van der Waals surface area (Å²) < 4.78 is 4.97. The minimum absolute atomic E-state index is 0.368. The number of methoxy groups -OCH3 is 1. The second-order valence-electron chi connectivity index (χ2n) is 3.06. The monoisotopic (exact) mass is 207 g/mol. The summed E-state index contributed by atoms with van der Waals surface area (Å²) in [5, 5.41) is 19.1. The number of rotatable bonds is 1. The van der Waals surface area contributed by atoms with E-state index in [2.05, 4.69) is 4.98 Å². The molecule has 78 valence electrons. The van der Waals surface area contributed by atoms with Gasteiger partial charge < -0.3 is 19.9 Å². The zero-order valence-corrected chi connectivity index (χ0v) is 7.94. The molecular formula is C10H9NO4. The summed E-state index contributed by atoms with van der Waals surface area (Å²) in [6, 6.07) is 4.74. The molecule has 0 unspecified atom stereocenters. The van der Waals surface area contributed by atoms with Crippen molar-refractivity contribution in [3.63, 3.8) is 0 Å². The molecule has 0 fully saturated rings. The van der Waals surface area contributed by atoms with Crippen LogP contribution in [-0.4, -0.2) is 22.3 Å². The summed E-state index contributed by atoms with van der Waals surface area (Å²) >= 11 is 0. The van der Waals surface area contributed by atoms with Gasteiger partial charge in [0.05, 0.1) is 12.6 Å². The number of hydrogen-bond donors (Lipinski definition) is 3. The lowest BCUT2D eigenvalue weighted by Crippen LogP contribution is -2.04. The molecule has 0 aliphatic heterocycles. The van der Waals surface area contributed by atoms with Crippen molar-refractivity contribution in [1.82, 2.24) is 4.98 Å². The van der Waals surface area contributed by atoms with Crippen LogP contribution < -0.4 is 10.3 Å². The Morgan fingerprint density at radius 3 is 2.67 bits per heavy atom. The van der Waals surface area contributed by atoms with Crippen LogP contribution in [-0.2, 0) is 0 Å². The molecule has 0 spiro atoms. The highest BCUT2D eigenvalue weighted by atomic mass is 16.5. The molecule has 1 aromatic heterocycles. The van der Waals surface area contributed by atoms with Crippen LogP contribution >= 0.6 is 0 Å². The van der Waals surface area contributed by atoms with Gasteiger partial charge in [0, 0.05) is 11.5 Å². The van der Waals surface area contributed by atoms with E-state index in [0.29, 0.717) is 16.7 Å². The highest BCUT2D eigenvalue weighted by Crippen LogP contribution is 2.30. The van der Waals surface area contributed by atoms with Gasteiger partial charge >= 0.3 is 0 Å². The third-order valence-corrected chi connectivity index (χ3v) is 2.17. The maximum Gasteiger partial charge on any atom is 0.294 e. The number of hydrogen-bond acceptors (Lipinski definition) is 4. The third kappa shape index (κ3) is 1.38. The van der Waals surface area contributed by atoms with E-state index in [-0.39, 0.29) is 0 Å². The Kier molecular flexibility index (Phi) is 2.00. The number of benzene rings is 1. The highest BCUT2D eigenvalue weighted by molar-refractivity contribution is 5.87. The number of aromatic nitrogens is 1. The molecule has 0 aliphatic carbocycles. The molecule has 2 aromatic rings. The fourth-order valence-electron chi connectivity index (χ4n) is 1.38. The molecule has 2 rings (SSSR count). The Bertz CT molecular complexity index is 573.